The maximum Gasteiger partial charge on any atom is 0.242 e. The van der Waals surface area contributed by atoms with Gasteiger partial charge in [0.15, 0.2) is 5.96 Å². The highest BCUT2D eigenvalue weighted by atomic mass is 127. The number of nitrogens with zero attached hydrogens (tertiary/aromatic N) is 2. The number of guanidine groups is 1. The summed E-state index contributed by atoms with van der Waals surface area (Å²) in [5.41, 5.74) is 2.21. The van der Waals surface area contributed by atoms with Gasteiger partial charge in [0.25, 0.3) is 0 Å². The van der Waals surface area contributed by atoms with E-state index in [0.29, 0.717) is 19.0 Å². The Labute approximate surface area is 200 Å². The fourth-order valence-corrected chi connectivity index (χ4v) is 3.10. The summed E-state index contributed by atoms with van der Waals surface area (Å²) in [6, 6.07) is 16.1. The van der Waals surface area contributed by atoms with Gasteiger partial charge in [-0.15, -0.1) is 35.7 Å². The number of rotatable bonds is 9. The van der Waals surface area contributed by atoms with Gasteiger partial charge in [-0.2, -0.15) is 0 Å². The van der Waals surface area contributed by atoms with Gasteiger partial charge in [-0.1, -0.05) is 24.3 Å². The summed E-state index contributed by atoms with van der Waals surface area (Å²) in [6.07, 6.45) is 2.07. The summed E-state index contributed by atoms with van der Waals surface area (Å²) >= 11 is 1.73. The van der Waals surface area contributed by atoms with Gasteiger partial charge in [0, 0.05) is 31.6 Å². The van der Waals surface area contributed by atoms with Crippen LogP contribution in [0.5, 0.6) is 5.75 Å². The van der Waals surface area contributed by atoms with Gasteiger partial charge in [-0.3, -0.25) is 4.79 Å². The summed E-state index contributed by atoms with van der Waals surface area (Å²) < 4.78 is 5.14. The zero-order chi connectivity index (χ0) is 21.1. The third-order valence-corrected chi connectivity index (χ3v) is 5.04. The number of benzene rings is 2. The van der Waals surface area contributed by atoms with Crippen molar-refractivity contribution in [1.82, 2.24) is 15.5 Å². The van der Waals surface area contributed by atoms with Crippen LogP contribution in [-0.2, 0) is 17.9 Å². The minimum Gasteiger partial charge on any atom is -0.497 e. The maximum absolute atomic E-state index is 12.2. The van der Waals surface area contributed by atoms with E-state index in [4.69, 9.17) is 4.74 Å². The minimum atomic E-state index is -0.117. The van der Waals surface area contributed by atoms with Gasteiger partial charge in [-0.25, -0.2) is 4.99 Å². The van der Waals surface area contributed by atoms with Gasteiger partial charge in [0.2, 0.25) is 5.91 Å². The number of hydrogen-bond acceptors (Lipinski definition) is 4. The summed E-state index contributed by atoms with van der Waals surface area (Å²) in [5, 5.41) is 6.14. The fourth-order valence-electron chi connectivity index (χ4n) is 2.70. The van der Waals surface area contributed by atoms with Crippen molar-refractivity contribution in [2.45, 2.75) is 24.9 Å². The molecule has 164 valence electrons. The van der Waals surface area contributed by atoms with Crippen molar-refractivity contribution in [2.75, 3.05) is 33.5 Å². The lowest BCUT2D eigenvalue weighted by Gasteiger charge is -2.22. The Hall–Kier alpha value is -1.94. The highest BCUT2D eigenvalue weighted by Gasteiger charge is 2.08. The number of amides is 1. The van der Waals surface area contributed by atoms with E-state index >= 15 is 0 Å². The number of carbonyl (C=O) groups is 1. The van der Waals surface area contributed by atoms with Crippen LogP contribution < -0.4 is 15.4 Å². The molecule has 30 heavy (non-hydrogen) atoms. The van der Waals surface area contributed by atoms with E-state index < -0.39 is 0 Å². The minimum absolute atomic E-state index is 0. The van der Waals surface area contributed by atoms with E-state index in [2.05, 4.69) is 46.1 Å². The fraction of sp³-hybridized carbons (Fsp3) is 0.364. The predicted octanol–water partition coefficient (Wildman–Crippen LogP) is 3.75. The first-order chi connectivity index (χ1) is 14.0. The molecule has 0 fully saturated rings. The molecule has 0 atom stereocenters. The van der Waals surface area contributed by atoms with Gasteiger partial charge >= 0.3 is 0 Å². The molecule has 0 aliphatic rings. The standard InChI is InChI=1S/C22H30N4O2S.HI/c1-5-23-22(26(2)16-18-8-12-20(29-4)13-9-18)25-15-21(27)24-14-17-6-10-19(28-3)11-7-17;/h6-13H,5,14-16H2,1-4H3,(H,23,25)(H,24,27);1H. The molecule has 1 amide bonds. The van der Waals surface area contributed by atoms with Crippen molar-refractivity contribution >= 4 is 47.6 Å². The molecular formula is C22H31IN4O2S. The second kappa shape index (κ2) is 14.1. The smallest absolute Gasteiger partial charge is 0.242 e. The van der Waals surface area contributed by atoms with Crippen molar-refractivity contribution < 1.29 is 9.53 Å². The average molecular weight is 542 g/mol. The molecule has 2 N–H and O–H groups in total. The van der Waals surface area contributed by atoms with Crippen LogP contribution in [0.1, 0.15) is 18.1 Å². The molecule has 8 heteroatoms. The summed E-state index contributed by atoms with van der Waals surface area (Å²) in [7, 11) is 3.60. The SMILES string of the molecule is CCNC(=NCC(=O)NCc1ccc(OC)cc1)N(C)Cc1ccc(SC)cc1.I. The van der Waals surface area contributed by atoms with Crippen molar-refractivity contribution in [3.05, 3.63) is 59.7 Å². The first-order valence-corrected chi connectivity index (χ1v) is 10.8. The van der Waals surface area contributed by atoms with Crippen LogP contribution in [0.25, 0.3) is 0 Å². The first-order valence-electron chi connectivity index (χ1n) is 9.57. The first kappa shape index (κ1) is 26.1. The van der Waals surface area contributed by atoms with E-state index in [0.717, 1.165) is 17.9 Å². The second-order valence-electron chi connectivity index (χ2n) is 6.50. The predicted molar refractivity (Wildman–Crippen MR) is 136 cm³/mol. The zero-order valence-corrected chi connectivity index (χ0v) is 21.1. The molecule has 6 nitrogen and oxygen atoms in total. The van der Waals surface area contributed by atoms with Crippen LogP contribution in [0.4, 0.5) is 0 Å². The number of nitrogens with one attached hydrogen (secondary N) is 2. The molecule has 2 aromatic carbocycles. The molecule has 0 aromatic heterocycles. The van der Waals surface area contributed by atoms with Crippen LogP contribution >= 0.6 is 35.7 Å². The van der Waals surface area contributed by atoms with Crippen molar-refractivity contribution in [2.24, 2.45) is 4.99 Å². The number of ether oxygens (including phenoxy) is 1. The van der Waals surface area contributed by atoms with E-state index in [-0.39, 0.29) is 36.4 Å². The quantitative estimate of drug-likeness (QED) is 0.219. The average Bonchev–Trinajstić information content (AvgIpc) is 2.76. The topological polar surface area (TPSA) is 66.0 Å². The molecule has 2 aromatic rings. The van der Waals surface area contributed by atoms with Crippen LogP contribution in [0.3, 0.4) is 0 Å². The van der Waals surface area contributed by atoms with Crippen LogP contribution in [0.2, 0.25) is 0 Å². The largest absolute Gasteiger partial charge is 0.497 e. The molecule has 0 spiro atoms. The van der Waals surface area contributed by atoms with Gasteiger partial charge in [-0.05, 0) is 48.6 Å². The van der Waals surface area contributed by atoms with E-state index in [1.54, 1.807) is 18.9 Å². The highest BCUT2D eigenvalue weighted by Crippen LogP contribution is 2.15. The number of thioether (sulfide) groups is 1. The Balaban J connectivity index is 0.00000450. The van der Waals surface area contributed by atoms with E-state index in [1.165, 1.54) is 10.5 Å². The molecule has 0 heterocycles. The third-order valence-electron chi connectivity index (χ3n) is 4.30. The Morgan fingerprint density at radius 3 is 2.27 bits per heavy atom. The van der Waals surface area contributed by atoms with Crippen LogP contribution in [0.15, 0.2) is 58.4 Å². The highest BCUT2D eigenvalue weighted by molar-refractivity contribution is 14.0. The van der Waals surface area contributed by atoms with Crippen molar-refractivity contribution in [3.63, 3.8) is 0 Å². The Kier molecular flexibility index (Phi) is 12.3. The molecule has 0 aliphatic carbocycles. The monoisotopic (exact) mass is 542 g/mol. The number of methoxy groups -OCH3 is 1. The molecule has 0 aliphatic heterocycles. The zero-order valence-electron chi connectivity index (χ0n) is 18.0. The molecule has 0 unspecified atom stereocenters. The summed E-state index contributed by atoms with van der Waals surface area (Å²) in [4.78, 5) is 19.9. The lowest BCUT2D eigenvalue weighted by molar-refractivity contribution is -0.119. The molecular weight excluding hydrogens is 511 g/mol. The van der Waals surface area contributed by atoms with Crippen LogP contribution in [-0.4, -0.2) is 50.3 Å². The molecule has 0 bridgehead atoms. The number of halogens is 1. The molecule has 2 rings (SSSR count). The van der Waals surface area contributed by atoms with Crippen LogP contribution in [0, 0.1) is 0 Å². The summed E-state index contributed by atoms with van der Waals surface area (Å²) in [5.74, 6) is 1.39. The second-order valence-corrected chi connectivity index (χ2v) is 7.38. The Bertz CT molecular complexity index is 798. The maximum atomic E-state index is 12.2. The van der Waals surface area contributed by atoms with Gasteiger partial charge in [0.05, 0.1) is 7.11 Å². The lowest BCUT2D eigenvalue weighted by Crippen LogP contribution is -2.39. The number of hydrogen-bond donors (Lipinski definition) is 2. The van der Waals surface area contributed by atoms with Gasteiger partial charge < -0.3 is 20.3 Å². The lowest BCUT2D eigenvalue weighted by atomic mass is 10.2. The van der Waals surface area contributed by atoms with Gasteiger partial charge in [0.1, 0.15) is 12.3 Å². The normalized spacial score (nSPS) is 10.7. The van der Waals surface area contributed by atoms with Crippen molar-refractivity contribution in [1.29, 1.82) is 0 Å². The van der Waals surface area contributed by atoms with Crippen molar-refractivity contribution in [3.8, 4) is 5.75 Å². The third kappa shape index (κ3) is 8.83. The van der Waals surface area contributed by atoms with E-state index in [1.807, 2.05) is 43.1 Å². The summed E-state index contributed by atoms with van der Waals surface area (Å²) in [6.45, 7) is 4.01. The molecule has 0 saturated heterocycles. The molecule has 0 radical (unpaired) electrons. The Morgan fingerprint density at radius 2 is 1.70 bits per heavy atom. The Morgan fingerprint density at radius 1 is 1.07 bits per heavy atom. The number of carbonyl (C=O) groups excluding carboxylic acids is 1. The molecule has 0 saturated carbocycles. The number of aliphatic imine (C=N–C) groups is 1. The van der Waals surface area contributed by atoms with E-state index in [9.17, 15) is 4.79 Å².